The number of rotatable bonds is 8. The second-order valence-corrected chi connectivity index (χ2v) is 15.2. The van der Waals surface area contributed by atoms with Crippen LogP contribution in [0.1, 0.15) is 99.7 Å². The minimum Gasteiger partial charge on any atom is -0.393 e. The van der Waals surface area contributed by atoms with E-state index in [1.54, 1.807) is 24.3 Å². The predicted molar refractivity (Wildman–Crippen MR) is 176 cm³/mol. The van der Waals surface area contributed by atoms with Crippen molar-refractivity contribution in [2.45, 2.75) is 96.7 Å². The summed E-state index contributed by atoms with van der Waals surface area (Å²) in [6.07, 6.45) is 11.7. The molecule has 0 saturated heterocycles. The Morgan fingerprint density at radius 1 is 1.02 bits per heavy atom. The average molecular weight is 630 g/mol. The minimum atomic E-state index is -0.565. The number of ether oxygens (including phenoxy) is 1. The first-order chi connectivity index (χ1) is 22.2. The zero-order chi connectivity index (χ0) is 32.1. The molecule has 4 aliphatic carbocycles. The molecule has 4 aliphatic rings. The third kappa shape index (κ3) is 5.59. The van der Waals surface area contributed by atoms with Crippen LogP contribution in [0, 0.1) is 40.3 Å². The third-order valence-corrected chi connectivity index (χ3v) is 12.9. The van der Waals surface area contributed by atoms with Gasteiger partial charge in [-0.25, -0.2) is 9.49 Å². The number of carbonyl (C=O) groups excluding carboxylic acids is 1. The van der Waals surface area contributed by atoms with Crippen LogP contribution in [0.5, 0.6) is 0 Å². The SMILES string of the molecule is C[C@]12CC[C@@H](O)C[C@@H]1CC[C@@H]1[C@@H]2CC[C@]2(C)[C@@H](OCCCNC(=O)c3cc(Cc4n[nH]c(=O)c5ccccc45)ccc3F)CC[C@@H]12. The lowest BCUT2D eigenvalue weighted by Crippen LogP contribution is -2.54. The second kappa shape index (κ2) is 12.5. The Hall–Kier alpha value is -3.10. The number of hydrogen-bond acceptors (Lipinski definition) is 5. The number of aliphatic hydroxyl groups excluding tert-OH is 1. The molecule has 1 amide bonds. The van der Waals surface area contributed by atoms with Crippen molar-refractivity contribution in [2.75, 3.05) is 13.2 Å². The monoisotopic (exact) mass is 629 g/mol. The topological polar surface area (TPSA) is 104 Å². The highest BCUT2D eigenvalue weighted by atomic mass is 19.1. The van der Waals surface area contributed by atoms with E-state index in [-0.39, 0.29) is 28.7 Å². The molecule has 0 aliphatic heterocycles. The lowest BCUT2D eigenvalue weighted by atomic mass is 9.45. The van der Waals surface area contributed by atoms with Gasteiger partial charge in [-0.2, -0.15) is 5.10 Å². The summed E-state index contributed by atoms with van der Waals surface area (Å²) < 4.78 is 21.3. The van der Waals surface area contributed by atoms with E-state index in [4.69, 9.17) is 4.74 Å². The molecule has 1 aromatic heterocycles. The molecule has 3 N–H and O–H groups in total. The Morgan fingerprint density at radius 3 is 2.65 bits per heavy atom. The summed E-state index contributed by atoms with van der Waals surface area (Å²) in [7, 11) is 0. The highest BCUT2D eigenvalue weighted by Crippen LogP contribution is 2.66. The van der Waals surface area contributed by atoms with Crippen molar-refractivity contribution in [1.82, 2.24) is 15.5 Å². The van der Waals surface area contributed by atoms with E-state index in [1.165, 1.54) is 44.6 Å². The van der Waals surface area contributed by atoms with Crippen molar-refractivity contribution in [3.8, 4) is 0 Å². The number of fused-ring (bicyclic) bond motifs is 6. The van der Waals surface area contributed by atoms with Gasteiger partial charge in [-0.15, -0.1) is 0 Å². The van der Waals surface area contributed by atoms with Crippen molar-refractivity contribution >= 4 is 16.7 Å². The number of nitrogens with zero attached hydrogens (tertiary/aromatic N) is 1. The molecule has 0 unspecified atom stereocenters. The van der Waals surface area contributed by atoms with Crippen LogP contribution in [0.15, 0.2) is 47.3 Å². The first-order valence-electron chi connectivity index (χ1n) is 17.5. The fourth-order valence-corrected chi connectivity index (χ4v) is 10.4. The van der Waals surface area contributed by atoms with Gasteiger partial charge >= 0.3 is 0 Å². The molecular weight excluding hydrogens is 581 g/mol. The maximum Gasteiger partial charge on any atom is 0.272 e. The van der Waals surface area contributed by atoms with Crippen LogP contribution in [0.25, 0.3) is 10.8 Å². The van der Waals surface area contributed by atoms with Crippen LogP contribution in [0.3, 0.4) is 0 Å². The largest absolute Gasteiger partial charge is 0.393 e. The van der Waals surface area contributed by atoms with Crippen molar-refractivity contribution in [2.24, 2.45) is 34.5 Å². The van der Waals surface area contributed by atoms with E-state index < -0.39 is 11.7 Å². The first kappa shape index (κ1) is 31.5. The van der Waals surface area contributed by atoms with E-state index in [1.807, 2.05) is 12.1 Å². The van der Waals surface area contributed by atoms with Gasteiger partial charge in [-0.1, -0.05) is 38.1 Å². The van der Waals surface area contributed by atoms with Crippen molar-refractivity contribution in [3.63, 3.8) is 0 Å². The molecule has 246 valence electrons. The Kier molecular flexibility index (Phi) is 8.55. The standard InChI is InChI=1S/C38H48FN3O4/c1-37-16-14-25(43)22-24(37)9-10-28-30-11-13-34(38(30,2)17-15-31(28)37)46-19-5-18-40-35(44)29-20-23(8-12-32(29)39)21-33-26-6-3-4-7-27(26)36(45)42-41-33/h3-4,6-8,12,20,24-25,28,30-31,34,43H,5,9-11,13-19,21-22H2,1-2H3,(H,40,44)(H,42,45)/t24-,25+,28-,30-,31-,34-,37-,38-/m0/s1. The number of H-pyrrole nitrogens is 1. The maximum atomic E-state index is 14.7. The molecule has 8 atom stereocenters. The smallest absolute Gasteiger partial charge is 0.272 e. The number of benzene rings is 2. The maximum absolute atomic E-state index is 14.7. The van der Waals surface area contributed by atoms with Crippen molar-refractivity contribution in [3.05, 3.63) is 75.5 Å². The Morgan fingerprint density at radius 2 is 1.80 bits per heavy atom. The average Bonchev–Trinajstić information content (AvgIpc) is 3.39. The number of nitrogens with one attached hydrogen (secondary N) is 2. The van der Waals surface area contributed by atoms with Crippen molar-refractivity contribution < 1.29 is 19.0 Å². The van der Waals surface area contributed by atoms with Gasteiger partial charge in [0.05, 0.1) is 28.9 Å². The lowest BCUT2D eigenvalue weighted by molar-refractivity contribution is -0.141. The molecule has 0 radical (unpaired) electrons. The molecule has 46 heavy (non-hydrogen) atoms. The fraction of sp³-hybridized carbons (Fsp3) is 0.605. The summed E-state index contributed by atoms with van der Waals surface area (Å²) in [6, 6.07) is 11.8. The van der Waals surface area contributed by atoms with Crippen LogP contribution in [-0.2, 0) is 11.2 Å². The molecule has 2 aromatic carbocycles. The Bertz CT molecular complexity index is 1660. The van der Waals surface area contributed by atoms with Gasteiger partial charge in [-0.05, 0) is 122 Å². The van der Waals surface area contributed by atoms with Gasteiger partial charge in [0, 0.05) is 25.0 Å². The molecular formula is C38H48FN3O4. The summed E-state index contributed by atoms with van der Waals surface area (Å²) in [5, 5.41) is 21.3. The summed E-state index contributed by atoms with van der Waals surface area (Å²) in [6.45, 7) is 5.99. The molecule has 0 spiro atoms. The summed E-state index contributed by atoms with van der Waals surface area (Å²) in [5.74, 6) is 1.92. The van der Waals surface area contributed by atoms with E-state index in [0.717, 1.165) is 42.0 Å². The van der Waals surface area contributed by atoms with Gasteiger partial charge in [0.2, 0.25) is 0 Å². The van der Waals surface area contributed by atoms with Gasteiger partial charge in [0.1, 0.15) is 5.82 Å². The zero-order valence-electron chi connectivity index (χ0n) is 27.2. The van der Waals surface area contributed by atoms with E-state index in [9.17, 15) is 19.1 Å². The fourth-order valence-electron chi connectivity index (χ4n) is 10.4. The number of halogens is 1. The van der Waals surface area contributed by atoms with Crippen LogP contribution < -0.4 is 10.9 Å². The summed E-state index contributed by atoms with van der Waals surface area (Å²) >= 11 is 0. The second-order valence-electron chi connectivity index (χ2n) is 15.2. The van der Waals surface area contributed by atoms with E-state index in [2.05, 4.69) is 29.4 Å². The molecule has 8 heteroatoms. The first-order valence-corrected chi connectivity index (χ1v) is 17.5. The van der Waals surface area contributed by atoms with Crippen LogP contribution in [0.2, 0.25) is 0 Å². The zero-order valence-corrected chi connectivity index (χ0v) is 27.2. The molecule has 4 fully saturated rings. The van der Waals surface area contributed by atoms with Gasteiger partial charge in [0.15, 0.2) is 0 Å². The molecule has 3 aromatic rings. The minimum absolute atomic E-state index is 0.00551. The number of aromatic amines is 1. The normalized spacial score (nSPS) is 33.7. The number of aliphatic hydroxyl groups is 1. The number of aromatic nitrogens is 2. The Balaban J connectivity index is 0.918. The molecule has 0 bridgehead atoms. The lowest BCUT2D eigenvalue weighted by Gasteiger charge is -2.60. The quantitative estimate of drug-likeness (QED) is 0.245. The van der Waals surface area contributed by atoms with E-state index in [0.29, 0.717) is 54.3 Å². The van der Waals surface area contributed by atoms with Gasteiger partial charge < -0.3 is 15.2 Å². The van der Waals surface area contributed by atoms with Crippen molar-refractivity contribution in [1.29, 1.82) is 0 Å². The highest BCUT2D eigenvalue weighted by Gasteiger charge is 2.60. The van der Waals surface area contributed by atoms with Gasteiger partial charge in [-0.3, -0.25) is 9.59 Å². The summed E-state index contributed by atoms with van der Waals surface area (Å²) in [5.41, 5.74) is 1.74. The molecule has 1 heterocycles. The van der Waals surface area contributed by atoms with Crippen LogP contribution in [-0.4, -0.2) is 46.6 Å². The number of carbonyl (C=O) groups is 1. The molecule has 4 saturated carbocycles. The molecule has 7 rings (SSSR count). The predicted octanol–water partition coefficient (Wildman–Crippen LogP) is 6.56. The summed E-state index contributed by atoms with van der Waals surface area (Å²) in [4.78, 5) is 25.1. The number of hydrogen-bond donors (Lipinski definition) is 3. The number of amides is 1. The highest BCUT2D eigenvalue weighted by molar-refractivity contribution is 5.94. The van der Waals surface area contributed by atoms with Crippen LogP contribution >= 0.6 is 0 Å². The van der Waals surface area contributed by atoms with Gasteiger partial charge in [0.25, 0.3) is 11.5 Å². The Labute approximate surface area is 270 Å². The van der Waals surface area contributed by atoms with E-state index >= 15 is 0 Å². The third-order valence-electron chi connectivity index (χ3n) is 12.9. The van der Waals surface area contributed by atoms with Crippen LogP contribution in [0.4, 0.5) is 4.39 Å². The molecule has 7 nitrogen and oxygen atoms in total.